The quantitative estimate of drug-likeness (QED) is 0.284. The van der Waals surface area contributed by atoms with Gasteiger partial charge in [0.15, 0.2) is 5.65 Å². The molecular formula is C24H29N7O5. The minimum absolute atomic E-state index is 0.0186. The van der Waals surface area contributed by atoms with Crippen molar-refractivity contribution in [2.75, 3.05) is 30.0 Å². The number of hydrogen-bond acceptors (Lipinski definition) is 11. The van der Waals surface area contributed by atoms with Crippen LogP contribution in [0.25, 0.3) is 11.0 Å². The first-order valence-electron chi connectivity index (χ1n) is 11.4. The molecule has 0 spiro atoms. The molecule has 36 heavy (non-hydrogen) atoms. The van der Waals surface area contributed by atoms with Crippen molar-refractivity contribution in [2.45, 2.75) is 39.3 Å². The smallest absolute Gasteiger partial charge is 0.328 e. The molecule has 1 aromatic carbocycles. The SMILES string of the molecule is CCOC(=O)CC[C@H](NC(=O)c1ccc(NCc2cnc3nc(N)nc(N)c3c2)cc1)C(=O)OCC. The van der Waals surface area contributed by atoms with Crippen LogP contribution in [-0.2, 0) is 25.6 Å². The standard InChI is InChI=1S/C24H29N7O5/c1-3-35-19(32)10-9-18(23(34)36-4-2)29-22(33)15-5-7-16(8-6-15)27-12-14-11-17-20(25)30-24(26)31-21(17)28-13-14/h5-8,11,13,18,27H,3-4,9-10,12H2,1-2H3,(H,29,33)(H4,25,26,28,30,31)/t18-/m0/s1. The molecule has 0 aliphatic rings. The van der Waals surface area contributed by atoms with Gasteiger partial charge in [0.2, 0.25) is 5.95 Å². The molecule has 1 atom stereocenters. The number of carbonyl (C=O) groups excluding carboxylic acids is 3. The molecule has 0 aliphatic carbocycles. The van der Waals surface area contributed by atoms with Crippen molar-refractivity contribution in [3.8, 4) is 0 Å². The largest absolute Gasteiger partial charge is 0.466 e. The van der Waals surface area contributed by atoms with Gasteiger partial charge in [-0.05, 0) is 56.2 Å². The molecule has 0 bridgehead atoms. The second-order valence-corrected chi connectivity index (χ2v) is 7.73. The molecule has 190 valence electrons. The van der Waals surface area contributed by atoms with E-state index in [1.807, 2.05) is 6.07 Å². The minimum atomic E-state index is -0.966. The summed E-state index contributed by atoms with van der Waals surface area (Å²) in [5.41, 5.74) is 13.9. The Labute approximate surface area is 207 Å². The molecule has 1 amide bonds. The summed E-state index contributed by atoms with van der Waals surface area (Å²) in [6, 6.07) is 7.58. The van der Waals surface area contributed by atoms with Crippen molar-refractivity contribution in [1.29, 1.82) is 0 Å². The van der Waals surface area contributed by atoms with Crippen LogP contribution in [0.1, 0.15) is 42.6 Å². The molecule has 2 aromatic heterocycles. The Morgan fingerprint density at radius 2 is 1.75 bits per heavy atom. The van der Waals surface area contributed by atoms with Crippen molar-refractivity contribution in [1.82, 2.24) is 20.3 Å². The normalized spacial score (nSPS) is 11.5. The number of rotatable bonds is 11. The number of carbonyl (C=O) groups is 3. The average molecular weight is 496 g/mol. The number of ether oxygens (including phenoxy) is 2. The highest BCUT2D eigenvalue weighted by molar-refractivity contribution is 5.97. The molecule has 3 rings (SSSR count). The Hall–Kier alpha value is -4.48. The maximum atomic E-state index is 12.7. The lowest BCUT2D eigenvalue weighted by Gasteiger charge is -2.17. The Morgan fingerprint density at radius 3 is 2.44 bits per heavy atom. The van der Waals surface area contributed by atoms with Crippen LogP contribution >= 0.6 is 0 Å². The van der Waals surface area contributed by atoms with Crippen molar-refractivity contribution in [3.63, 3.8) is 0 Å². The van der Waals surface area contributed by atoms with Gasteiger partial charge in [0, 0.05) is 30.4 Å². The van der Waals surface area contributed by atoms with Crippen molar-refractivity contribution in [3.05, 3.63) is 47.7 Å². The third kappa shape index (κ3) is 7.01. The Bertz CT molecular complexity index is 1230. The highest BCUT2D eigenvalue weighted by Crippen LogP contribution is 2.19. The third-order valence-electron chi connectivity index (χ3n) is 5.12. The molecule has 3 aromatic rings. The Balaban J connectivity index is 1.61. The summed E-state index contributed by atoms with van der Waals surface area (Å²) in [5, 5.41) is 6.48. The summed E-state index contributed by atoms with van der Waals surface area (Å²) in [6.45, 7) is 4.20. The van der Waals surface area contributed by atoms with Gasteiger partial charge in [-0.25, -0.2) is 9.78 Å². The fraction of sp³-hybridized carbons (Fsp3) is 0.333. The van der Waals surface area contributed by atoms with E-state index in [4.69, 9.17) is 20.9 Å². The van der Waals surface area contributed by atoms with Crippen LogP contribution in [0.2, 0.25) is 0 Å². The fourth-order valence-corrected chi connectivity index (χ4v) is 3.36. The molecule has 0 saturated carbocycles. The zero-order chi connectivity index (χ0) is 26.1. The summed E-state index contributed by atoms with van der Waals surface area (Å²) in [7, 11) is 0. The third-order valence-corrected chi connectivity index (χ3v) is 5.12. The van der Waals surface area contributed by atoms with Crippen LogP contribution in [0.5, 0.6) is 0 Å². The summed E-state index contributed by atoms with van der Waals surface area (Å²) in [5.74, 6) is -1.19. The summed E-state index contributed by atoms with van der Waals surface area (Å²) in [6.07, 6.45) is 1.72. The number of benzene rings is 1. The van der Waals surface area contributed by atoms with Crippen LogP contribution < -0.4 is 22.1 Å². The number of pyridine rings is 1. The number of nitrogens with one attached hydrogen (secondary N) is 2. The predicted molar refractivity (Wildman–Crippen MR) is 134 cm³/mol. The molecular weight excluding hydrogens is 466 g/mol. The van der Waals surface area contributed by atoms with Gasteiger partial charge in [-0.15, -0.1) is 0 Å². The number of aromatic nitrogens is 3. The van der Waals surface area contributed by atoms with Gasteiger partial charge in [-0.3, -0.25) is 9.59 Å². The van der Waals surface area contributed by atoms with E-state index in [0.717, 1.165) is 11.3 Å². The highest BCUT2D eigenvalue weighted by atomic mass is 16.5. The van der Waals surface area contributed by atoms with E-state index in [2.05, 4.69) is 25.6 Å². The fourth-order valence-electron chi connectivity index (χ4n) is 3.36. The molecule has 12 nitrogen and oxygen atoms in total. The second-order valence-electron chi connectivity index (χ2n) is 7.73. The van der Waals surface area contributed by atoms with Gasteiger partial charge in [0.05, 0.1) is 18.6 Å². The monoisotopic (exact) mass is 495 g/mol. The van der Waals surface area contributed by atoms with Gasteiger partial charge >= 0.3 is 11.9 Å². The molecule has 0 radical (unpaired) electrons. The number of nitrogen functional groups attached to an aromatic ring is 2. The summed E-state index contributed by atoms with van der Waals surface area (Å²) < 4.78 is 9.91. The van der Waals surface area contributed by atoms with E-state index in [0.29, 0.717) is 23.1 Å². The van der Waals surface area contributed by atoms with Gasteiger partial charge < -0.3 is 31.6 Å². The lowest BCUT2D eigenvalue weighted by Crippen LogP contribution is -2.42. The molecule has 6 N–H and O–H groups in total. The van der Waals surface area contributed by atoms with Crippen LogP contribution in [0.3, 0.4) is 0 Å². The van der Waals surface area contributed by atoms with Gasteiger partial charge in [0.1, 0.15) is 11.9 Å². The maximum Gasteiger partial charge on any atom is 0.328 e. The number of amides is 1. The van der Waals surface area contributed by atoms with Crippen molar-refractivity contribution in [2.24, 2.45) is 0 Å². The van der Waals surface area contributed by atoms with E-state index in [1.165, 1.54) is 0 Å². The van der Waals surface area contributed by atoms with Gasteiger partial charge in [-0.2, -0.15) is 9.97 Å². The van der Waals surface area contributed by atoms with Crippen molar-refractivity contribution >= 4 is 46.3 Å². The highest BCUT2D eigenvalue weighted by Gasteiger charge is 2.24. The molecule has 0 fully saturated rings. The Morgan fingerprint density at radius 1 is 1.03 bits per heavy atom. The molecule has 0 unspecified atom stereocenters. The number of anilines is 3. The van der Waals surface area contributed by atoms with E-state index in [-0.39, 0.29) is 37.8 Å². The van der Waals surface area contributed by atoms with Gasteiger partial charge in [-0.1, -0.05) is 0 Å². The lowest BCUT2D eigenvalue weighted by atomic mass is 10.1. The number of fused-ring (bicyclic) bond motifs is 1. The summed E-state index contributed by atoms with van der Waals surface area (Å²) >= 11 is 0. The Kier molecular flexibility index (Phi) is 8.92. The molecule has 0 saturated heterocycles. The summed E-state index contributed by atoms with van der Waals surface area (Å²) in [4.78, 5) is 48.9. The van der Waals surface area contributed by atoms with E-state index >= 15 is 0 Å². The second kappa shape index (κ2) is 12.3. The zero-order valence-electron chi connectivity index (χ0n) is 20.1. The number of esters is 2. The molecule has 2 heterocycles. The van der Waals surface area contributed by atoms with E-state index in [9.17, 15) is 14.4 Å². The number of hydrogen-bond donors (Lipinski definition) is 4. The predicted octanol–water partition coefficient (Wildman–Crippen LogP) is 1.81. The average Bonchev–Trinajstić information content (AvgIpc) is 2.85. The van der Waals surface area contributed by atoms with Crippen molar-refractivity contribution < 1.29 is 23.9 Å². The van der Waals surface area contributed by atoms with Crippen LogP contribution in [0, 0.1) is 0 Å². The number of nitrogens with two attached hydrogens (primary N) is 2. The van der Waals surface area contributed by atoms with Crippen LogP contribution in [0.15, 0.2) is 36.5 Å². The van der Waals surface area contributed by atoms with Crippen LogP contribution in [-0.4, -0.2) is 52.1 Å². The topological polar surface area (TPSA) is 184 Å². The van der Waals surface area contributed by atoms with Gasteiger partial charge in [0.25, 0.3) is 5.91 Å². The lowest BCUT2D eigenvalue weighted by molar-refractivity contribution is -0.146. The van der Waals surface area contributed by atoms with Crippen LogP contribution in [0.4, 0.5) is 17.5 Å². The molecule has 0 aliphatic heterocycles. The minimum Gasteiger partial charge on any atom is -0.466 e. The first-order valence-corrected chi connectivity index (χ1v) is 11.4. The first kappa shape index (κ1) is 26.1. The van der Waals surface area contributed by atoms with E-state index < -0.39 is 23.9 Å². The zero-order valence-corrected chi connectivity index (χ0v) is 20.1. The molecule has 12 heteroatoms. The maximum absolute atomic E-state index is 12.7. The first-order chi connectivity index (χ1) is 17.3. The van der Waals surface area contributed by atoms with E-state index in [1.54, 1.807) is 44.3 Å². The number of nitrogens with zero attached hydrogens (tertiary/aromatic N) is 3.